The maximum Gasteiger partial charge on any atom is 0.219 e. The summed E-state index contributed by atoms with van der Waals surface area (Å²) in [5, 5.41) is 11.1. The molecule has 0 atom stereocenters. The Labute approximate surface area is 233 Å². The molecular weight excluding hydrogens is 492 g/mol. The van der Waals surface area contributed by atoms with E-state index in [2.05, 4.69) is 107 Å². The van der Waals surface area contributed by atoms with Crippen molar-refractivity contribution in [2.24, 2.45) is 10.8 Å². The van der Waals surface area contributed by atoms with Crippen molar-refractivity contribution in [1.82, 2.24) is 0 Å². The van der Waals surface area contributed by atoms with Crippen LogP contribution in [-0.4, -0.2) is 10.9 Å². The minimum atomic E-state index is -0.0840. The molecule has 2 nitrogen and oxygen atoms in total. The van der Waals surface area contributed by atoms with E-state index in [4.69, 9.17) is 0 Å². The molecule has 2 aliphatic rings. The number of ketones is 1. The Morgan fingerprint density at radius 3 is 1.57 bits per heavy atom. The van der Waals surface area contributed by atoms with Gasteiger partial charge in [-0.25, -0.2) is 0 Å². The number of aliphatic hydroxyl groups is 1. The lowest BCUT2D eigenvalue weighted by molar-refractivity contribution is -0.113. The van der Waals surface area contributed by atoms with Gasteiger partial charge in [-0.2, -0.15) is 0 Å². The van der Waals surface area contributed by atoms with Gasteiger partial charge in [-0.1, -0.05) is 94.8 Å². The molecule has 0 fully saturated rings. The maximum atomic E-state index is 13.4. The predicted octanol–water partition coefficient (Wildman–Crippen LogP) is 10.3. The summed E-state index contributed by atoms with van der Waals surface area (Å²) >= 11 is 3.65. The Kier molecular flexibility index (Phi) is 7.76. The van der Waals surface area contributed by atoms with E-state index in [0.29, 0.717) is 11.1 Å². The van der Waals surface area contributed by atoms with E-state index in [1.807, 2.05) is 36.1 Å². The van der Waals surface area contributed by atoms with Crippen LogP contribution in [0.15, 0.2) is 62.6 Å². The number of hydrogen-bond acceptors (Lipinski definition) is 3. The molecule has 1 aliphatic heterocycles. The standard InChI is InChI=1S/C33H44O2S2/c1-19(21-17-25(32(8,9)10)37-26(18-21)33(11,12)13)27-28(34)22(29(27)35)14-20-15-23(30(2,3)4)36-24(16-20)31(5,6)7/h14-18H,1-13H3/p+1. The van der Waals surface area contributed by atoms with E-state index in [1.54, 1.807) is 0 Å². The van der Waals surface area contributed by atoms with Crippen molar-refractivity contribution in [2.75, 3.05) is 0 Å². The Bertz CT molecular complexity index is 1220. The molecule has 3 rings (SSSR count). The van der Waals surface area contributed by atoms with Gasteiger partial charge in [0.2, 0.25) is 26.9 Å². The van der Waals surface area contributed by atoms with Gasteiger partial charge in [0, 0.05) is 23.0 Å². The number of carbonyl (C=O) groups is 1. The monoisotopic (exact) mass is 537 g/mol. The number of carbonyl (C=O) groups excluding carboxylic acids is 1. The molecule has 0 saturated carbocycles. The van der Waals surface area contributed by atoms with E-state index in [9.17, 15) is 9.90 Å². The van der Waals surface area contributed by atoms with Crippen molar-refractivity contribution < 1.29 is 9.90 Å². The molecule has 1 aromatic heterocycles. The summed E-state index contributed by atoms with van der Waals surface area (Å²) in [5.41, 5.74) is 3.64. The highest BCUT2D eigenvalue weighted by Crippen LogP contribution is 2.49. The summed E-state index contributed by atoms with van der Waals surface area (Å²) in [5.74, 6) is 0.0195. The van der Waals surface area contributed by atoms with Crippen LogP contribution in [0.1, 0.15) is 105 Å². The molecular formula is C33H45O2S2+. The third-order valence-electron chi connectivity index (χ3n) is 6.65. The van der Waals surface area contributed by atoms with Gasteiger partial charge in [0.25, 0.3) is 0 Å². The first-order valence-electron chi connectivity index (χ1n) is 13.1. The second kappa shape index (κ2) is 9.68. The number of hydrogen-bond donors (Lipinski definition) is 1. The van der Waals surface area contributed by atoms with Gasteiger partial charge in [0.1, 0.15) is 5.76 Å². The molecule has 0 radical (unpaired) electrons. The smallest absolute Gasteiger partial charge is 0.219 e. The summed E-state index contributed by atoms with van der Waals surface area (Å²) in [6, 6.07) is 4.38. The van der Waals surface area contributed by atoms with Crippen molar-refractivity contribution in [3.63, 3.8) is 0 Å². The lowest BCUT2D eigenvalue weighted by Crippen LogP contribution is -2.23. The van der Waals surface area contributed by atoms with Gasteiger partial charge in [-0.05, 0) is 62.5 Å². The van der Waals surface area contributed by atoms with Crippen LogP contribution >= 0.6 is 23.1 Å². The molecule has 1 aliphatic carbocycles. The highest BCUT2D eigenvalue weighted by molar-refractivity contribution is 8.06. The third-order valence-corrected chi connectivity index (χ3v) is 10.4. The SMILES string of the molecule is CC(=C1C(=O)C(C=C2C=C(C(C)(C)C)SC(C(C)(C)C)=C2)=C1O)c1cc(C(C)(C)C)[s+]c(C(C)(C)C)c1. The molecule has 1 aromatic rings. The fourth-order valence-electron chi connectivity index (χ4n) is 4.02. The number of Topliss-reactive ketones (excluding diaryl/α,β-unsaturated/α-hetero) is 1. The van der Waals surface area contributed by atoms with Crippen LogP contribution in [0.5, 0.6) is 0 Å². The lowest BCUT2D eigenvalue weighted by atomic mass is 9.81. The third kappa shape index (κ3) is 6.40. The Balaban J connectivity index is 2.14. The van der Waals surface area contributed by atoms with Crippen LogP contribution in [0, 0.1) is 10.8 Å². The normalized spacial score (nSPS) is 18.9. The van der Waals surface area contributed by atoms with Crippen molar-refractivity contribution >= 4 is 34.5 Å². The average Bonchev–Trinajstić information content (AvgIpc) is 2.74. The molecule has 0 amide bonds. The summed E-state index contributed by atoms with van der Waals surface area (Å²) < 4.78 is 0. The Morgan fingerprint density at radius 1 is 0.784 bits per heavy atom. The van der Waals surface area contributed by atoms with Gasteiger partial charge in [-0.15, -0.1) is 0 Å². The molecule has 0 saturated heterocycles. The van der Waals surface area contributed by atoms with Crippen molar-refractivity contribution in [2.45, 2.75) is 101 Å². The van der Waals surface area contributed by atoms with Gasteiger partial charge in [0.15, 0.2) is 0 Å². The molecule has 1 N–H and O–H groups in total. The number of aliphatic hydroxyl groups excluding tert-OH is 1. The van der Waals surface area contributed by atoms with Crippen LogP contribution in [0.25, 0.3) is 5.57 Å². The van der Waals surface area contributed by atoms with E-state index in [0.717, 1.165) is 16.7 Å². The largest absolute Gasteiger partial charge is 0.506 e. The minimum absolute atomic E-state index is 0.0000428. The first-order valence-corrected chi connectivity index (χ1v) is 14.8. The predicted molar refractivity (Wildman–Crippen MR) is 164 cm³/mol. The molecule has 2 heterocycles. The van der Waals surface area contributed by atoms with Crippen molar-refractivity contribution in [1.29, 1.82) is 0 Å². The topological polar surface area (TPSA) is 37.3 Å². The van der Waals surface area contributed by atoms with E-state index in [-0.39, 0.29) is 33.2 Å². The van der Waals surface area contributed by atoms with Crippen LogP contribution in [-0.2, 0) is 15.6 Å². The fourth-order valence-corrected chi connectivity index (χ4v) is 6.48. The molecule has 0 unspecified atom stereocenters. The molecule has 0 spiro atoms. The van der Waals surface area contributed by atoms with Crippen LogP contribution in [0.2, 0.25) is 0 Å². The van der Waals surface area contributed by atoms with Crippen LogP contribution in [0.3, 0.4) is 0 Å². The van der Waals surface area contributed by atoms with Crippen molar-refractivity contribution in [3.8, 4) is 0 Å². The zero-order chi connectivity index (χ0) is 28.3. The van der Waals surface area contributed by atoms with E-state index >= 15 is 0 Å². The molecule has 0 aromatic carbocycles. The maximum absolute atomic E-state index is 13.4. The zero-order valence-electron chi connectivity index (χ0n) is 25.1. The van der Waals surface area contributed by atoms with Gasteiger partial charge < -0.3 is 5.11 Å². The van der Waals surface area contributed by atoms with Gasteiger partial charge in [0.05, 0.1) is 11.1 Å². The first-order chi connectivity index (χ1) is 16.6. The van der Waals surface area contributed by atoms with E-state index in [1.165, 1.54) is 19.6 Å². The highest BCUT2D eigenvalue weighted by atomic mass is 32.2. The van der Waals surface area contributed by atoms with Crippen molar-refractivity contribution in [3.05, 3.63) is 78.0 Å². The average molecular weight is 538 g/mol. The molecule has 0 bridgehead atoms. The number of allylic oxidation sites excluding steroid dienone is 9. The minimum Gasteiger partial charge on any atom is -0.506 e. The Hall–Kier alpha value is -1.91. The second-order valence-corrected chi connectivity index (χ2v) is 16.6. The molecule has 200 valence electrons. The van der Waals surface area contributed by atoms with Crippen LogP contribution in [0.4, 0.5) is 0 Å². The van der Waals surface area contributed by atoms with Gasteiger partial charge in [-0.3, -0.25) is 4.79 Å². The summed E-state index contributed by atoms with van der Waals surface area (Å²) in [6.07, 6.45) is 6.18. The number of rotatable bonds is 2. The Morgan fingerprint density at radius 2 is 1.22 bits per heavy atom. The van der Waals surface area contributed by atoms with E-state index < -0.39 is 0 Å². The molecule has 4 heteroatoms. The first kappa shape index (κ1) is 29.6. The van der Waals surface area contributed by atoms with Crippen LogP contribution < -0.4 is 0 Å². The summed E-state index contributed by atoms with van der Waals surface area (Å²) in [7, 11) is 0. The zero-order valence-corrected chi connectivity index (χ0v) is 26.7. The fraction of sp³-hybridized carbons (Fsp3) is 0.515. The summed E-state index contributed by atoms with van der Waals surface area (Å²) in [6.45, 7) is 28.5. The second-order valence-electron chi connectivity index (χ2n) is 14.4. The lowest BCUT2D eigenvalue weighted by Gasteiger charge is -2.32. The molecule has 37 heavy (non-hydrogen) atoms. The summed E-state index contributed by atoms with van der Waals surface area (Å²) in [4.78, 5) is 18.5. The highest BCUT2D eigenvalue weighted by Gasteiger charge is 2.37. The van der Waals surface area contributed by atoms with Gasteiger partial charge >= 0.3 is 0 Å². The number of thioether (sulfide) groups is 1. The quantitative estimate of drug-likeness (QED) is 0.301.